The van der Waals surface area contributed by atoms with Gasteiger partial charge in [-0.2, -0.15) is 0 Å². The van der Waals surface area contributed by atoms with Gasteiger partial charge >= 0.3 is 0 Å². The van der Waals surface area contributed by atoms with Crippen LogP contribution in [-0.2, 0) is 16.1 Å². The van der Waals surface area contributed by atoms with E-state index in [1.54, 1.807) is 19.1 Å². The molecule has 1 atom stereocenters. The van der Waals surface area contributed by atoms with Gasteiger partial charge < -0.3 is 15.0 Å². The SMILES string of the molecule is Cc1cc(OCC(=O)N(Cc2cccc(Cl)c2)C(C)C(=O)NC(C)(C)C)cc(C)c1Br. The van der Waals surface area contributed by atoms with E-state index in [-0.39, 0.29) is 25.0 Å². The number of halogens is 2. The number of carbonyl (C=O) groups excluding carboxylic acids is 2. The third kappa shape index (κ3) is 7.54. The van der Waals surface area contributed by atoms with E-state index in [1.165, 1.54) is 4.90 Å². The van der Waals surface area contributed by atoms with Crippen LogP contribution in [0.25, 0.3) is 0 Å². The second-order valence-corrected chi connectivity index (χ2v) is 9.96. The number of rotatable bonds is 7. The molecule has 2 aromatic rings. The lowest BCUT2D eigenvalue weighted by Crippen LogP contribution is -2.53. The molecule has 0 saturated carbocycles. The smallest absolute Gasteiger partial charge is 0.261 e. The highest BCUT2D eigenvalue weighted by atomic mass is 79.9. The number of nitrogens with one attached hydrogen (secondary N) is 1. The number of amides is 2. The Hall–Kier alpha value is -2.05. The highest BCUT2D eigenvalue weighted by molar-refractivity contribution is 9.10. The average molecular weight is 510 g/mol. The Labute approximate surface area is 198 Å². The Balaban J connectivity index is 2.21. The van der Waals surface area contributed by atoms with E-state index in [0.29, 0.717) is 10.8 Å². The van der Waals surface area contributed by atoms with E-state index in [4.69, 9.17) is 16.3 Å². The molecule has 168 valence electrons. The number of benzene rings is 2. The number of carbonyl (C=O) groups is 2. The van der Waals surface area contributed by atoms with Gasteiger partial charge in [0.2, 0.25) is 5.91 Å². The summed E-state index contributed by atoms with van der Waals surface area (Å²) in [6.07, 6.45) is 0. The summed E-state index contributed by atoms with van der Waals surface area (Å²) in [6.45, 7) is 11.4. The molecular weight excluding hydrogens is 480 g/mol. The first-order chi connectivity index (χ1) is 14.4. The van der Waals surface area contributed by atoms with Gasteiger partial charge in [0, 0.05) is 21.6 Å². The summed E-state index contributed by atoms with van der Waals surface area (Å²) in [4.78, 5) is 27.4. The van der Waals surface area contributed by atoms with Crippen molar-refractivity contribution in [2.24, 2.45) is 0 Å². The van der Waals surface area contributed by atoms with Crippen LogP contribution in [0.3, 0.4) is 0 Å². The molecule has 2 aromatic carbocycles. The van der Waals surface area contributed by atoms with E-state index < -0.39 is 11.6 Å². The Morgan fingerprint density at radius 3 is 2.32 bits per heavy atom. The maximum atomic E-state index is 13.1. The number of hydrogen-bond donors (Lipinski definition) is 1. The van der Waals surface area contributed by atoms with Crippen molar-refractivity contribution in [1.29, 1.82) is 0 Å². The monoisotopic (exact) mass is 508 g/mol. The highest BCUT2D eigenvalue weighted by Gasteiger charge is 2.28. The van der Waals surface area contributed by atoms with Crippen molar-refractivity contribution >= 4 is 39.3 Å². The summed E-state index contributed by atoms with van der Waals surface area (Å²) < 4.78 is 6.80. The largest absolute Gasteiger partial charge is 0.484 e. The van der Waals surface area contributed by atoms with E-state index in [1.807, 2.05) is 58.9 Å². The molecule has 0 aliphatic carbocycles. The number of nitrogens with zero attached hydrogens (tertiary/aromatic N) is 1. The maximum Gasteiger partial charge on any atom is 0.261 e. The summed E-state index contributed by atoms with van der Waals surface area (Å²) in [7, 11) is 0. The molecule has 0 aromatic heterocycles. The zero-order valence-corrected chi connectivity index (χ0v) is 21.2. The molecule has 2 rings (SSSR count). The molecule has 7 heteroatoms. The number of ether oxygens (including phenoxy) is 1. The predicted molar refractivity (Wildman–Crippen MR) is 128 cm³/mol. The topological polar surface area (TPSA) is 58.6 Å². The van der Waals surface area contributed by atoms with Crippen molar-refractivity contribution in [3.63, 3.8) is 0 Å². The molecule has 0 aliphatic heterocycles. The summed E-state index contributed by atoms with van der Waals surface area (Å²) in [6, 6.07) is 10.3. The molecule has 0 spiro atoms. The van der Waals surface area contributed by atoms with Crippen molar-refractivity contribution < 1.29 is 14.3 Å². The molecule has 0 aliphatic rings. The molecule has 0 heterocycles. The predicted octanol–water partition coefficient (Wildman–Crippen LogP) is 5.43. The van der Waals surface area contributed by atoms with E-state index in [9.17, 15) is 9.59 Å². The van der Waals surface area contributed by atoms with Crippen LogP contribution < -0.4 is 10.1 Å². The van der Waals surface area contributed by atoms with Gasteiger partial charge in [-0.15, -0.1) is 0 Å². The first kappa shape index (κ1) is 25.2. The molecule has 31 heavy (non-hydrogen) atoms. The molecule has 1 N–H and O–H groups in total. The molecule has 0 radical (unpaired) electrons. The lowest BCUT2D eigenvalue weighted by Gasteiger charge is -2.31. The van der Waals surface area contributed by atoms with Crippen molar-refractivity contribution in [2.45, 2.75) is 59.7 Å². The Kier molecular flexibility index (Phi) is 8.55. The van der Waals surface area contributed by atoms with Gasteiger partial charge in [0.05, 0.1) is 0 Å². The van der Waals surface area contributed by atoms with E-state index in [0.717, 1.165) is 21.2 Å². The second kappa shape index (κ2) is 10.5. The minimum absolute atomic E-state index is 0.172. The fourth-order valence-corrected chi connectivity index (χ4v) is 3.55. The van der Waals surface area contributed by atoms with Crippen molar-refractivity contribution in [1.82, 2.24) is 10.2 Å². The fraction of sp³-hybridized carbons (Fsp3) is 0.417. The summed E-state index contributed by atoms with van der Waals surface area (Å²) in [5.74, 6) is 0.106. The third-order valence-electron chi connectivity index (χ3n) is 4.68. The lowest BCUT2D eigenvalue weighted by molar-refractivity contribution is -0.142. The van der Waals surface area contributed by atoms with Gasteiger partial charge in [-0.25, -0.2) is 0 Å². The van der Waals surface area contributed by atoms with E-state index in [2.05, 4.69) is 21.2 Å². The average Bonchev–Trinajstić information content (AvgIpc) is 2.66. The van der Waals surface area contributed by atoms with Gasteiger partial charge in [-0.1, -0.05) is 39.7 Å². The van der Waals surface area contributed by atoms with Gasteiger partial charge in [-0.05, 0) is 82.5 Å². The first-order valence-corrected chi connectivity index (χ1v) is 11.3. The standard InChI is InChI=1S/C24H30BrClN2O3/c1-15-10-20(11-16(2)22(15)25)31-14-21(29)28(13-18-8-7-9-19(26)12-18)17(3)23(30)27-24(4,5)6/h7-12,17H,13-14H2,1-6H3,(H,27,30). The van der Waals surface area contributed by atoms with Crippen LogP contribution >= 0.6 is 27.5 Å². The van der Waals surface area contributed by atoms with Crippen molar-refractivity contribution in [3.8, 4) is 5.75 Å². The molecule has 1 unspecified atom stereocenters. The van der Waals surface area contributed by atoms with Gasteiger partial charge in [0.25, 0.3) is 5.91 Å². The molecule has 2 amide bonds. The molecule has 0 bridgehead atoms. The third-order valence-corrected chi connectivity index (χ3v) is 6.17. The second-order valence-electron chi connectivity index (χ2n) is 8.73. The van der Waals surface area contributed by atoms with Crippen LogP contribution in [0.5, 0.6) is 5.75 Å². The zero-order chi connectivity index (χ0) is 23.3. The molecular formula is C24H30BrClN2O3. The Morgan fingerprint density at radius 2 is 1.77 bits per heavy atom. The molecule has 5 nitrogen and oxygen atoms in total. The molecule has 0 fully saturated rings. The minimum Gasteiger partial charge on any atom is -0.484 e. The first-order valence-electron chi connectivity index (χ1n) is 10.1. The number of hydrogen-bond acceptors (Lipinski definition) is 3. The van der Waals surface area contributed by atoms with Crippen molar-refractivity contribution in [3.05, 3.63) is 62.6 Å². The fourth-order valence-electron chi connectivity index (χ4n) is 3.11. The Bertz CT molecular complexity index is 933. The number of aryl methyl sites for hydroxylation is 2. The van der Waals surface area contributed by atoms with Gasteiger partial charge in [-0.3, -0.25) is 9.59 Å². The van der Waals surface area contributed by atoms with Crippen LogP contribution in [0.2, 0.25) is 5.02 Å². The highest BCUT2D eigenvalue weighted by Crippen LogP contribution is 2.26. The summed E-state index contributed by atoms with van der Waals surface area (Å²) >= 11 is 9.64. The lowest BCUT2D eigenvalue weighted by atomic mass is 10.1. The van der Waals surface area contributed by atoms with Crippen LogP contribution in [0, 0.1) is 13.8 Å². The van der Waals surface area contributed by atoms with E-state index >= 15 is 0 Å². The minimum atomic E-state index is -0.678. The van der Waals surface area contributed by atoms with Crippen LogP contribution in [0.15, 0.2) is 40.9 Å². The van der Waals surface area contributed by atoms with Crippen LogP contribution in [0.4, 0.5) is 0 Å². The van der Waals surface area contributed by atoms with Crippen LogP contribution in [0.1, 0.15) is 44.4 Å². The van der Waals surface area contributed by atoms with Crippen molar-refractivity contribution in [2.75, 3.05) is 6.61 Å². The maximum absolute atomic E-state index is 13.1. The summed E-state index contributed by atoms with van der Waals surface area (Å²) in [5.41, 5.74) is 2.48. The van der Waals surface area contributed by atoms with Gasteiger partial charge in [0.1, 0.15) is 11.8 Å². The van der Waals surface area contributed by atoms with Gasteiger partial charge in [0.15, 0.2) is 6.61 Å². The quantitative estimate of drug-likeness (QED) is 0.541. The zero-order valence-electron chi connectivity index (χ0n) is 18.9. The normalized spacial score (nSPS) is 12.3. The Morgan fingerprint density at radius 1 is 1.16 bits per heavy atom. The molecule has 0 saturated heterocycles. The summed E-state index contributed by atoms with van der Waals surface area (Å²) in [5, 5.41) is 3.52. The van der Waals surface area contributed by atoms with Crippen LogP contribution in [-0.4, -0.2) is 34.9 Å².